The number of fused-ring (bicyclic) bond motifs is 1. The smallest absolute Gasteiger partial charge is 0.314 e. The summed E-state index contributed by atoms with van der Waals surface area (Å²) in [6.45, 7) is 2.50. The van der Waals surface area contributed by atoms with Gasteiger partial charge in [0.25, 0.3) is 0 Å². The van der Waals surface area contributed by atoms with E-state index >= 15 is 0 Å². The maximum Gasteiger partial charge on any atom is 0.314 e. The Balaban J connectivity index is 2.00. The monoisotopic (exact) mass is 237 g/mol. The van der Waals surface area contributed by atoms with Gasteiger partial charge in [0.05, 0.1) is 12.0 Å². The minimum absolute atomic E-state index is 0.508. The summed E-state index contributed by atoms with van der Waals surface area (Å²) >= 11 is 0. The molecule has 0 unspecified atom stereocenters. The molecule has 1 N–H and O–H groups in total. The van der Waals surface area contributed by atoms with E-state index in [0.29, 0.717) is 32.7 Å². The van der Waals surface area contributed by atoms with E-state index in [9.17, 15) is 9.90 Å². The topological polar surface area (TPSA) is 60.7 Å². The van der Waals surface area contributed by atoms with E-state index in [1.54, 1.807) is 0 Å². The second kappa shape index (κ2) is 3.77. The number of carboxylic acid groups (broad SMARTS) is 1. The molecule has 5 heteroatoms. The van der Waals surface area contributed by atoms with E-state index in [2.05, 4.69) is 0 Å². The number of rotatable bonds is 2. The molecule has 92 valence electrons. The van der Waals surface area contributed by atoms with Crippen LogP contribution in [0.5, 0.6) is 5.88 Å². The minimum atomic E-state index is -0.793. The van der Waals surface area contributed by atoms with Crippen LogP contribution in [0.2, 0.25) is 0 Å². The van der Waals surface area contributed by atoms with Gasteiger partial charge in [-0.25, -0.2) is 0 Å². The molecule has 2 aliphatic heterocycles. The zero-order valence-corrected chi connectivity index (χ0v) is 9.52. The molecule has 3 rings (SSSR count). The molecule has 3 heterocycles. The molecule has 0 radical (unpaired) electrons. The lowest BCUT2D eigenvalue weighted by Gasteiger charge is -2.32. The summed E-state index contributed by atoms with van der Waals surface area (Å²) in [5.41, 5.74) is 0.0573. The fourth-order valence-electron chi connectivity index (χ4n) is 2.64. The lowest BCUT2D eigenvalue weighted by molar-refractivity contribution is -0.147. The number of carbonyl (C=O) groups is 1. The standard InChI is InChI=1S/C12H15NO4/c14-11(15)12(1-4-16-5-2-12)9-7-10-13(8-9)3-6-17-10/h7-8H,1-6H2,(H,14,15). The number of carboxylic acids is 1. The number of nitrogens with zero attached hydrogens (tertiary/aromatic N) is 1. The summed E-state index contributed by atoms with van der Waals surface area (Å²) in [7, 11) is 0. The van der Waals surface area contributed by atoms with Crippen LogP contribution in [-0.2, 0) is 21.5 Å². The summed E-state index contributed by atoms with van der Waals surface area (Å²) in [4.78, 5) is 11.6. The van der Waals surface area contributed by atoms with Crippen molar-refractivity contribution in [2.24, 2.45) is 0 Å². The van der Waals surface area contributed by atoms with Crippen LogP contribution in [0.25, 0.3) is 0 Å². The second-order valence-corrected chi connectivity index (χ2v) is 4.61. The summed E-state index contributed by atoms with van der Waals surface area (Å²) < 4.78 is 12.7. The van der Waals surface area contributed by atoms with Crippen LogP contribution in [0, 0.1) is 0 Å². The first kappa shape index (κ1) is 10.7. The molecule has 0 aromatic carbocycles. The van der Waals surface area contributed by atoms with Crippen molar-refractivity contribution < 1.29 is 19.4 Å². The quantitative estimate of drug-likeness (QED) is 0.834. The average molecular weight is 237 g/mol. The maximum atomic E-state index is 11.6. The molecule has 5 nitrogen and oxygen atoms in total. The van der Waals surface area contributed by atoms with Crippen molar-refractivity contribution in [1.29, 1.82) is 0 Å². The van der Waals surface area contributed by atoms with Gasteiger partial charge in [-0.15, -0.1) is 0 Å². The zero-order valence-electron chi connectivity index (χ0n) is 9.52. The number of hydrogen-bond acceptors (Lipinski definition) is 3. The van der Waals surface area contributed by atoms with E-state index in [1.165, 1.54) is 0 Å². The Kier molecular flexibility index (Phi) is 2.36. The highest BCUT2D eigenvalue weighted by Gasteiger charge is 2.43. The van der Waals surface area contributed by atoms with Crippen LogP contribution in [-0.4, -0.2) is 35.5 Å². The van der Waals surface area contributed by atoms with Gasteiger partial charge in [-0.05, 0) is 18.4 Å². The van der Waals surface area contributed by atoms with Crippen LogP contribution in [0.1, 0.15) is 18.4 Å². The number of hydrogen-bond donors (Lipinski definition) is 1. The third-order valence-electron chi connectivity index (χ3n) is 3.75. The van der Waals surface area contributed by atoms with Crippen molar-refractivity contribution in [3.8, 4) is 5.88 Å². The minimum Gasteiger partial charge on any atom is -0.481 e. The zero-order chi connectivity index (χ0) is 11.9. The lowest BCUT2D eigenvalue weighted by Crippen LogP contribution is -2.41. The molecule has 2 aliphatic rings. The van der Waals surface area contributed by atoms with Crippen LogP contribution in [0.15, 0.2) is 12.3 Å². The van der Waals surface area contributed by atoms with Gasteiger partial charge in [-0.1, -0.05) is 0 Å². The summed E-state index contributed by atoms with van der Waals surface area (Å²) in [5.74, 6) is 0.0252. The van der Waals surface area contributed by atoms with E-state index in [1.807, 2.05) is 16.8 Å². The van der Waals surface area contributed by atoms with Gasteiger partial charge in [-0.2, -0.15) is 0 Å². The first-order chi connectivity index (χ1) is 8.22. The van der Waals surface area contributed by atoms with Gasteiger partial charge in [0.1, 0.15) is 6.61 Å². The largest absolute Gasteiger partial charge is 0.481 e. The van der Waals surface area contributed by atoms with Gasteiger partial charge >= 0.3 is 5.97 Å². The first-order valence-electron chi connectivity index (χ1n) is 5.87. The van der Waals surface area contributed by atoms with Crippen molar-refractivity contribution in [2.75, 3.05) is 19.8 Å². The molecule has 1 fully saturated rings. The molecule has 1 aromatic heterocycles. The summed E-state index contributed by atoms with van der Waals surface area (Å²) in [6.07, 6.45) is 2.99. The maximum absolute atomic E-state index is 11.6. The van der Waals surface area contributed by atoms with Gasteiger partial charge in [0, 0.05) is 25.5 Å². The predicted molar refractivity (Wildman–Crippen MR) is 59.3 cm³/mol. The molecule has 1 aromatic rings. The molecule has 0 atom stereocenters. The van der Waals surface area contributed by atoms with E-state index in [0.717, 1.165) is 18.0 Å². The summed E-state index contributed by atoms with van der Waals surface area (Å²) in [5, 5.41) is 9.53. The Labute approximate surface area is 98.9 Å². The molecule has 0 saturated carbocycles. The molecular formula is C12H15NO4. The van der Waals surface area contributed by atoms with Crippen molar-refractivity contribution in [1.82, 2.24) is 4.57 Å². The molecule has 0 bridgehead atoms. The van der Waals surface area contributed by atoms with Gasteiger partial charge < -0.3 is 19.1 Å². The van der Waals surface area contributed by atoms with Gasteiger partial charge in [0.15, 0.2) is 5.88 Å². The molecule has 0 aliphatic carbocycles. The number of aromatic nitrogens is 1. The Hall–Kier alpha value is -1.49. The highest BCUT2D eigenvalue weighted by Crippen LogP contribution is 2.38. The van der Waals surface area contributed by atoms with E-state index < -0.39 is 11.4 Å². The first-order valence-corrected chi connectivity index (χ1v) is 5.87. The normalized spacial score (nSPS) is 21.9. The Morgan fingerprint density at radius 3 is 2.76 bits per heavy atom. The third-order valence-corrected chi connectivity index (χ3v) is 3.75. The van der Waals surface area contributed by atoms with E-state index in [4.69, 9.17) is 9.47 Å². The molecule has 17 heavy (non-hydrogen) atoms. The van der Waals surface area contributed by atoms with Crippen LogP contribution in [0.3, 0.4) is 0 Å². The van der Waals surface area contributed by atoms with Crippen molar-refractivity contribution in [3.63, 3.8) is 0 Å². The Morgan fingerprint density at radius 2 is 2.12 bits per heavy atom. The Morgan fingerprint density at radius 1 is 1.35 bits per heavy atom. The van der Waals surface area contributed by atoms with Gasteiger partial charge in [-0.3, -0.25) is 4.79 Å². The second-order valence-electron chi connectivity index (χ2n) is 4.61. The van der Waals surface area contributed by atoms with Crippen molar-refractivity contribution in [2.45, 2.75) is 24.8 Å². The van der Waals surface area contributed by atoms with Crippen molar-refractivity contribution >= 4 is 5.97 Å². The molecule has 0 spiro atoms. The fourth-order valence-corrected chi connectivity index (χ4v) is 2.64. The highest BCUT2D eigenvalue weighted by atomic mass is 16.5. The SMILES string of the molecule is O=C(O)C1(c2cc3n(c2)CCO3)CCOCC1. The molecule has 1 saturated heterocycles. The predicted octanol–water partition coefficient (Wildman–Crippen LogP) is 1.01. The van der Waals surface area contributed by atoms with Crippen LogP contribution < -0.4 is 4.74 Å². The molecule has 0 amide bonds. The Bertz CT molecular complexity index is 424. The van der Waals surface area contributed by atoms with Crippen LogP contribution >= 0.6 is 0 Å². The van der Waals surface area contributed by atoms with Crippen LogP contribution in [0.4, 0.5) is 0 Å². The number of ether oxygens (including phenoxy) is 2. The fraction of sp³-hybridized carbons (Fsp3) is 0.583. The number of aliphatic carboxylic acids is 1. The van der Waals surface area contributed by atoms with Gasteiger partial charge in [0.2, 0.25) is 0 Å². The third kappa shape index (κ3) is 1.53. The van der Waals surface area contributed by atoms with E-state index in [-0.39, 0.29) is 0 Å². The summed E-state index contributed by atoms with van der Waals surface area (Å²) in [6, 6.07) is 1.87. The lowest BCUT2D eigenvalue weighted by atomic mass is 9.75. The molecular weight excluding hydrogens is 222 g/mol. The average Bonchev–Trinajstić information content (AvgIpc) is 2.89. The van der Waals surface area contributed by atoms with Crippen molar-refractivity contribution in [3.05, 3.63) is 17.8 Å². The highest BCUT2D eigenvalue weighted by molar-refractivity contribution is 5.81.